The standard InChI is InChI=1S/C13H27N3O2/c1-10(2)4-6-18-7-5-14-13(17)12-9-15-11(3)8-16-12/h10-12,15-16H,4-9H2,1-3H3,(H,14,17). The minimum absolute atomic E-state index is 0.0573. The molecule has 0 aromatic carbocycles. The number of ether oxygens (including phenoxy) is 1. The molecule has 5 nitrogen and oxygen atoms in total. The highest BCUT2D eigenvalue weighted by Gasteiger charge is 2.22. The molecule has 1 rings (SSSR count). The lowest BCUT2D eigenvalue weighted by Gasteiger charge is -2.28. The molecule has 1 aliphatic heterocycles. The predicted octanol–water partition coefficient (Wildman–Crippen LogP) is 0.115. The molecule has 0 aliphatic carbocycles. The molecule has 1 aliphatic rings. The smallest absolute Gasteiger partial charge is 0.238 e. The predicted molar refractivity (Wildman–Crippen MR) is 72.5 cm³/mol. The van der Waals surface area contributed by atoms with Crippen molar-refractivity contribution < 1.29 is 9.53 Å². The monoisotopic (exact) mass is 257 g/mol. The van der Waals surface area contributed by atoms with Gasteiger partial charge in [-0.3, -0.25) is 4.79 Å². The van der Waals surface area contributed by atoms with E-state index in [-0.39, 0.29) is 11.9 Å². The van der Waals surface area contributed by atoms with Gasteiger partial charge in [0.25, 0.3) is 0 Å². The minimum Gasteiger partial charge on any atom is -0.380 e. The summed E-state index contributed by atoms with van der Waals surface area (Å²) in [4.78, 5) is 11.8. The zero-order chi connectivity index (χ0) is 13.4. The third-order valence-electron chi connectivity index (χ3n) is 3.04. The topological polar surface area (TPSA) is 62.4 Å². The molecule has 1 heterocycles. The average Bonchev–Trinajstić information content (AvgIpc) is 2.34. The van der Waals surface area contributed by atoms with Gasteiger partial charge in [-0.1, -0.05) is 13.8 Å². The SMILES string of the molecule is CC(C)CCOCCNC(=O)C1CNC(C)CN1. The van der Waals surface area contributed by atoms with Crippen LogP contribution >= 0.6 is 0 Å². The van der Waals surface area contributed by atoms with Crippen LogP contribution in [0.4, 0.5) is 0 Å². The molecule has 3 N–H and O–H groups in total. The van der Waals surface area contributed by atoms with Crippen LogP contribution in [0, 0.1) is 5.92 Å². The number of piperazine rings is 1. The van der Waals surface area contributed by atoms with Gasteiger partial charge < -0.3 is 20.7 Å². The van der Waals surface area contributed by atoms with Crippen LogP contribution in [0.2, 0.25) is 0 Å². The molecule has 0 bridgehead atoms. The fourth-order valence-electron chi connectivity index (χ4n) is 1.76. The highest BCUT2D eigenvalue weighted by Crippen LogP contribution is 1.98. The lowest BCUT2D eigenvalue weighted by atomic mass is 10.1. The number of rotatable bonds is 7. The highest BCUT2D eigenvalue weighted by atomic mass is 16.5. The van der Waals surface area contributed by atoms with Crippen LogP contribution in [-0.4, -0.2) is 50.8 Å². The Balaban J connectivity index is 2.00. The number of nitrogens with one attached hydrogen (secondary N) is 3. The largest absolute Gasteiger partial charge is 0.380 e. The fourth-order valence-corrected chi connectivity index (χ4v) is 1.76. The van der Waals surface area contributed by atoms with E-state index in [1.54, 1.807) is 0 Å². The van der Waals surface area contributed by atoms with E-state index in [0.29, 0.717) is 31.7 Å². The minimum atomic E-state index is -0.114. The molecule has 0 radical (unpaired) electrons. The Bertz CT molecular complexity index is 238. The summed E-state index contributed by atoms with van der Waals surface area (Å²) >= 11 is 0. The van der Waals surface area contributed by atoms with Gasteiger partial charge in [0, 0.05) is 32.3 Å². The lowest BCUT2D eigenvalue weighted by Crippen LogP contribution is -2.59. The quantitative estimate of drug-likeness (QED) is 0.567. The molecule has 18 heavy (non-hydrogen) atoms. The summed E-state index contributed by atoms with van der Waals surface area (Å²) in [5, 5.41) is 9.39. The van der Waals surface area contributed by atoms with Crippen LogP contribution in [0.3, 0.4) is 0 Å². The summed E-state index contributed by atoms with van der Waals surface area (Å²) in [6.07, 6.45) is 1.07. The first-order valence-electron chi connectivity index (χ1n) is 6.91. The van der Waals surface area contributed by atoms with E-state index >= 15 is 0 Å². The van der Waals surface area contributed by atoms with Gasteiger partial charge in [0.15, 0.2) is 0 Å². The van der Waals surface area contributed by atoms with Gasteiger partial charge in [-0.25, -0.2) is 0 Å². The molecular weight excluding hydrogens is 230 g/mol. The van der Waals surface area contributed by atoms with Gasteiger partial charge in [-0.05, 0) is 19.3 Å². The van der Waals surface area contributed by atoms with Crippen molar-refractivity contribution in [1.29, 1.82) is 0 Å². The average molecular weight is 257 g/mol. The number of amides is 1. The van der Waals surface area contributed by atoms with E-state index in [0.717, 1.165) is 19.6 Å². The summed E-state index contributed by atoms with van der Waals surface area (Å²) in [6, 6.07) is 0.324. The van der Waals surface area contributed by atoms with Crippen LogP contribution < -0.4 is 16.0 Å². The Labute approximate surface area is 110 Å². The van der Waals surface area contributed by atoms with E-state index in [4.69, 9.17) is 4.74 Å². The molecule has 0 aromatic rings. The third-order valence-corrected chi connectivity index (χ3v) is 3.04. The van der Waals surface area contributed by atoms with E-state index < -0.39 is 0 Å². The summed E-state index contributed by atoms with van der Waals surface area (Å²) in [5.74, 6) is 0.723. The van der Waals surface area contributed by atoms with Crippen molar-refractivity contribution >= 4 is 5.91 Å². The van der Waals surface area contributed by atoms with Gasteiger partial charge >= 0.3 is 0 Å². The zero-order valence-electron chi connectivity index (χ0n) is 11.8. The molecular formula is C13H27N3O2. The van der Waals surface area contributed by atoms with Gasteiger partial charge in [0.1, 0.15) is 0 Å². The Kier molecular flexibility index (Phi) is 7.23. The molecule has 2 unspecified atom stereocenters. The second kappa shape index (κ2) is 8.45. The molecule has 0 saturated carbocycles. The van der Waals surface area contributed by atoms with E-state index in [1.807, 2.05) is 0 Å². The van der Waals surface area contributed by atoms with Crippen LogP contribution in [0.25, 0.3) is 0 Å². The molecule has 0 spiro atoms. The van der Waals surface area contributed by atoms with Crippen LogP contribution in [0.1, 0.15) is 27.2 Å². The molecule has 5 heteroatoms. The fraction of sp³-hybridized carbons (Fsp3) is 0.923. The normalized spacial score (nSPS) is 24.2. The van der Waals surface area contributed by atoms with Gasteiger partial charge in [0.05, 0.1) is 12.6 Å². The lowest BCUT2D eigenvalue weighted by molar-refractivity contribution is -0.123. The maximum Gasteiger partial charge on any atom is 0.238 e. The van der Waals surface area contributed by atoms with Crippen molar-refractivity contribution in [2.24, 2.45) is 5.92 Å². The van der Waals surface area contributed by atoms with Crippen LogP contribution in [0.5, 0.6) is 0 Å². The number of carbonyl (C=O) groups is 1. The van der Waals surface area contributed by atoms with Crippen molar-refractivity contribution in [3.63, 3.8) is 0 Å². The molecule has 1 amide bonds. The first-order valence-corrected chi connectivity index (χ1v) is 6.91. The molecule has 1 saturated heterocycles. The third kappa shape index (κ3) is 6.33. The van der Waals surface area contributed by atoms with Crippen molar-refractivity contribution in [3.05, 3.63) is 0 Å². The number of hydrogen-bond donors (Lipinski definition) is 3. The summed E-state index contributed by atoms with van der Waals surface area (Å²) in [5.41, 5.74) is 0. The Morgan fingerprint density at radius 3 is 2.72 bits per heavy atom. The molecule has 2 atom stereocenters. The van der Waals surface area contributed by atoms with E-state index in [9.17, 15) is 4.79 Å². The first-order chi connectivity index (χ1) is 8.59. The molecule has 106 valence electrons. The van der Waals surface area contributed by atoms with Crippen LogP contribution in [0.15, 0.2) is 0 Å². The van der Waals surface area contributed by atoms with Crippen LogP contribution in [-0.2, 0) is 9.53 Å². The summed E-state index contributed by atoms with van der Waals surface area (Å²) in [6.45, 7) is 9.93. The second-order valence-corrected chi connectivity index (χ2v) is 5.36. The number of carbonyl (C=O) groups excluding carboxylic acids is 1. The van der Waals surface area contributed by atoms with E-state index in [1.165, 1.54) is 0 Å². The van der Waals surface area contributed by atoms with Gasteiger partial charge in [-0.2, -0.15) is 0 Å². The summed E-state index contributed by atoms with van der Waals surface area (Å²) < 4.78 is 5.45. The van der Waals surface area contributed by atoms with Crippen molar-refractivity contribution in [3.8, 4) is 0 Å². The number of hydrogen-bond acceptors (Lipinski definition) is 4. The maximum absolute atomic E-state index is 11.8. The van der Waals surface area contributed by atoms with Crippen molar-refractivity contribution in [2.45, 2.75) is 39.3 Å². The summed E-state index contributed by atoms with van der Waals surface area (Å²) in [7, 11) is 0. The highest BCUT2D eigenvalue weighted by molar-refractivity contribution is 5.82. The van der Waals surface area contributed by atoms with Gasteiger partial charge in [0.2, 0.25) is 5.91 Å². The maximum atomic E-state index is 11.8. The Morgan fingerprint density at radius 1 is 1.33 bits per heavy atom. The first kappa shape index (κ1) is 15.4. The molecule has 1 fully saturated rings. The van der Waals surface area contributed by atoms with Gasteiger partial charge in [-0.15, -0.1) is 0 Å². The Hall–Kier alpha value is -0.650. The van der Waals surface area contributed by atoms with Crippen molar-refractivity contribution in [2.75, 3.05) is 32.8 Å². The second-order valence-electron chi connectivity index (χ2n) is 5.36. The van der Waals surface area contributed by atoms with Crippen molar-refractivity contribution in [1.82, 2.24) is 16.0 Å². The zero-order valence-corrected chi connectivity index (χ0v) is 11.8. The van der Waals surface area contributed by atoms with E-state index in [2.05, 4.69) is 36.7 Å². The molecule has 0 aromatic heterocycles. The Morgan fingerprint density at radius 2 is 2.11 bits per heavy atom.